The number of rotatable bonds is 13. The molecule has 292 valence electrons. The average Bonchev–Trinajstić information content (AvgIpc) is 3.67. The van der Waals surface area contributed by atoms with Gasteiger partial charge in [0, 0.05) is 99.0 Å². The fraction of sp³-hybridized carbons (Fsp3) is 0.595. The van der Waals surface area contributed by atoms with Gasteiger partial charge in [-0.3, -0.25) is 19.3 Å². The van der Waals surface area contributed by atoms with E-state index in [1.807, 2.05) is 39.8 Å². The van der Waals surface area contributed by atoms with E-state index in [0.717, 1.165) is 43.7 Å². The normalized spacial score (nSPS) is 20.2. The van der Waals surface area contributed by atoms with Crippen LogP contribution in [0.3, 0.4) is 0 Å². The number of ketones is 2. The molecule has 2 aromatic carbocycles. The first-order chi connectivity index (χ1) is 25.9. The van der Waals surface area contributed by atoms with Gasteiger partial charge in [-0.1, -0.05) is 20.8 Å². The first kappa shape index (κ1) is 39.6. The van der Waals surface area contributed by atoms with Crippen LogP contribution in [-0.2, 0) is 20.8 Å². The highest BCUT2D eigenvalue weighted by Crippen LogP contribution is 2.35. The largest absolute Gasteiger partial charge is 0.496 e. The molecule has 54 heavy (non-hydrogen) atoms. The molecule has 3 aromatic rings. The number of nitrogens with one attached hydrogen (secondary N) is 2. The molecule has 6 rings (SSSR count). The molecule has 0 radical (unpaired) electrons. The Labute approximate surface area is 321 Å². The zero-order valence-corrected chi connectivity index (χ0v) is 33.4. The van der Waals surface area contributed by atoms with E-state index in [2.05, 4.69) is 66.6 Å². The Kier molecular flexibility index (Phi) is 12.5. The van der Waals surface area contributed by atoms with E-state index in [1.54, 1.807) is 19.1 Å². The molecule has 4 heterocycles. The maximum atomic E-state index is 14.1. The van der Waals surface area contributed by atoms with Crippen LogP contribution >= 0.6 is 0 Å². The standard InChI is InChI=1S/C42H60N8O4/c1-28(43-5)37(51)25-34(42(2,3)4)41(53)50-16-8-9-36(50)38(52)24-29-23-33-35(26-39(29)54-7)44-27-45-40(33)46-30-10-12-31(13-11-30)48-17-14-32(15-18-48)49-21-19-47(6)20-22-49/h10-13,23,26-28,32,34,36,43H,8-9,14-22,24-25H2,1-7H3,(H,44,45,46)/t28-,34+,36-/m0/s1. The fourth-order valence-corrected chi connectivity index (χ4v) is 8.30. The summed E-state index contributed by atoms with van der Waals surface area (Å²) in [5.74, 6) is 0.508. The van der Waals surface area contributed by atoms with Crippen molar-refractivity contribution in [1.82, 2.24) is 30.0 Å². The molecule has 2 N–H and O–H groups in total. The maximum absolute atomic E-state index is 14.1. The summed E-state index contributed by atoms with van der Waals surface area (Å²) >= 11 is 0. The minimum absolute atomic E-state index is 0.00631. The van der Waals surface area contributed by atoms with Crippen LogP contribution in [-0.4, -0.2) is 127 Å². The number of carbonyl (C=O) groups is 3. The van der Waals surface area contributed by atoms with Crippen molar-refractivity contribution < 1.29 is 19.1 Å². The lowest BCUT2D eigenvalue weighted by atomic mass is 9.76. The third-order valence-electron chi connectivity index (χ3n) is 12.0. The monoisotopic (exact) mass is 740 g/mol. The minimum atomic E-state index is -0.555. The second kappa shape index (κ2) is 17.1. The van der Waals surface area contributed by atoms with Crippen molar-refractivity contribution in [3.05, 3.63) is 48.3 Å². The molecule has 3 fully saturated rings. The topological polar surface area (TPSA) is 123 Å². The van der Waals surface area contributed by atoms with Crippen LogP contribution in [0.5, 0.6) is 5.75 Å². The van der Waals surface area contributed by atoms with E-state index >= 15 is 0 Å². The SMILES string of the molecule is CN[C@@H](C)C(=O)C[C@H](C(=O)N1CCC[C@H]1C(=O)Cc1cc2c(Nc3ccc(N4CCC(N5CCN(C)CC5)CC4)cc3)ncnc2cc1OC)C(C)(C)C. The second-order valence-corrected chi connectivity index (χ2v) is 16.6. The van der Waals surface area contributed by atoms with E-state index < -0.39 is 17.4 Å². The number of benzene rings is 2. The van der Waals surface area contributed by atoms with Crippen molar-refractivity contribution in [2.45, 2.75) is 84.3 Å². The van der Waals surface area contributed by atoms with Gasteiger partial charge < -0.3 is 30.1 Å². The van der Waals surface area contributed by atoms with Gasteiger partial charge in [-0.25, -0.2) is 9.97 Å². The quantitative estimate of drug-likeness (QED) is 0.248. The van der Waals surface area contributed by atoms with Crippen molar-refractivity contribution in [3.8, 4) is 5.75 Å². The number of Topliss-reactive ketones (excluding diaryl/α,β-unsaturated/α-hetero) is 2. The minimum Gasteiger partial charge on any atom is -0.496 e. The molecular weight excluding hydrogens is 681 g/mol. The van der Waals surface area contributed by atoms with Crippen LogP contribution in [0.15, 0.2) is 42.7 Å². The van der Waals surface area contributed by atoms with Gasteiger partial charge in [0.15, 0.2) is 5.78 Å². The zero-order chi connectivity index (χ0) is 38.6. The first-order valence-electron chi connectivity index (χ1n) is 19.8. The van der Waals surface area contributed by atoms with Gasteiger partial charge in [0.05, 0.1) is 24.7 Å². The maximum Gasteiger partial charge on any atom is 0.227 e. The Hall–Kier alpha value is -4.13. The lowest BCUT2D eigenvalue weighted by molar-refractivity contribution is -0.145. The molecule has 1 amide bonds. The van der Waals surface area contributed by atoms with Gasteiger partial charge in [-0.15, -0.1) is 0 Å². The van der Waals surface area contributed by atoms with Gasteiger partial charge in [-0.05, 0) is 82.4 Å². The van der Waals surface area contributed by atoms with Crippen LogP contribution in [0.25, 0.3) is 10.9 Å². The molecule has 1 aromatic heterocycles. The first-order valence-corrected chi connectivity index (χ1v) is 19.8. The molecule has 0 saturated carbocycles. The van der Waals surface area contributed by atoms with Crippen LogP contribution in [0.1, 0.15) is 65.4 Å². The van der Waals surface area contributed by atoms with Gasteiger partial charge >= 0.3 is 0 Å². The highest BCUT2D eigenvalue weighted by atomic mass is 16.5. The summed E-state index contributed by atoms with van der Waals surface area (Å²) in [5.41, 5.74) is 3.11. The molecule has 0 bridgehead atoms. The number of hydrogen-bond acceptors (Lipinski definition) is 11. The molecule has 3 atom stereocenters. The number of anilines is 3. The van der Waals surface area contributed by atoms with E-state index in [9.17, 15) is 14.4 Å². The van der Waals surface area contributed by atoms with E-state index in [0.29, 0.717) is 41.7 Å². The number of amides is 1. The van der Waals surface area contributed by atoms with Crippen molar-refractivity contribution in [2.24, 2.45) is 11.3 Å². The van der Waals surface area contributed by atoms with E-state index in [4.69, 9.17) is 4.74 Å². The molecule has 0 unspecified atom stereocenters. The van der Waals surface area contributed by atoms with Crippen molar-refractivity contribution in [1.29, 1.82) is 0 Å². The highest BCUT2D eigenvalue weighted by Gasteiger charge is 2.42. The summed E-state index contributed by atoms with van der Waals surface area (Å²) in [6, 6.07) is 12.1. The van der Waals surface area contributed by atoms with Crippen LogP contribution in [0.2, 0.25) is 0 Å². The molecule has 3 saturated heterocycles. The molecule has 12 nitrogen and oxygen atoms in total. The number of likely N-dealkylation sites (tertiary alicyclic amines) is 1. The fourth-order valence-electron chi connectivity index (χ4n) is 8.30. The van der Waals surface area contributed by atoms with E-state index in [1.165, 1.54) is 37.9 Å². The summed E-state index contributed by atoms with van der Waals surface area (Å²) < 4.78 is 5.76. The molecule has 0 aliphatic carbocycles. The molecule has 3 aliphatic rings. The summed E-state index contributed by atoms with van der Waals surface area (Å²) in [5, 5.41) is 7.26. The molecular formula is C42H60N8O4. The number of methoxy groups -OCH3 is 1. The Balaban J connectivity index is 1.14. The number of carbonyl (C=O) groups excluding carboxylic acids is 3. The van der Waals surface area contributed by atoms with Crippen LogP contribution in [0.4, 0.5) is 17.2 Å². The highest BCUT2D eigenvalue weighted by molar-refractivity contribution is 5.96. The van der Waals surface area contributed by atoms with Crippen LogP contribution < -0.4 is 20.3 Å². The number of hydrogen-bond donors (Lipinski definition) is 2. The lowest BCUT2D eigenvalue weighted by Crippen LogP contribution is -2.52. The van der Waals surface area contributed by atoms with Gasteiger partial charge in [-0.2, -0.15) is 0 Å². The number of nitrogens with zero attached hydrogens (tertiary/aromatic N) is 6. The van der Waals surface area contributed by atoms with Crippen molar-refractivity contribution in [3.63, 3.8) is 0 Å². The Bertz CT molecular complexity index is 1780. The van der Waals surface area contributed by atoms with Crippen molar-refractivity contribution >= 4 is 45.6 Å². The van der Waals surface area contributed by atoms with Gasteiger partial charge in [0.1, 0.15) is 23.7 Å². The lowest BCUT2D eigenvalue weighted by Gasteiger charge is -2.42. The molecule has 3 aliphatic heterocycles. The number of aromatic nitrogens is 2. The van der Waals surface area contributed by atoms with Crippen molar-refractivity contribution in [2.75, 3.05) is 77.2 Å². The number of piperazine rings is 1. The molecule has 0 spiro atoms. The summed E-state index contributed by atoms with van der Waals surface area (Å²) in [6.45, 7) is 15.0. The number of piperidine rings is 1. The second-order valence-electron chi connectivity index (χ2n) is 16.6. The van der Waals surface area contributed by atoms with Crippen LogP contribution in [0, 0.1) is 11.3 Å². The van der Waals surface area contributed by atoms with Gasteiger partial charge in [0.25, 0.3) is 0 Å². The average molecular weight is 741 g/mol. The summed E-state index contributed by atoms with van der Waals surface area (Å²) in [4.78, 5) is 59.5. The third kappa shape index (κ3) is 9.04. The smallest absolute Gasteiger partial charge is 0.227 e. The van der Waals surface area contributed by atoms with E-state index in [-0.39, 0.29) is 36.4 Å². The molecule has 12 heteroatoms. The predicted octanol–water partition coefficient (Wildman–Crippen LogP) is 4.93. The number of fused-ring (bicyclic) bond motifs is 1. The van der Waals surface area contributed by atoms with Gasteiger partial charge in [0.2, 0.25) is 5.91 Å². The summed E-state index contributed by atoms with van der Waals surface area (Å²) in [6.07, 6.45) is 5.47. The Morgan fingerprint density at radius 3 is 2.30 bits per heavy atom. The zero-order valence-electron chi connectivity index (χ0n) is 33.4. The Morgan fingerprint density at radius 2 is 1.65 bits per heavy atom. The number of likely N-dealkylation sites (N-methyl/N-ethyl adjacent to an activating group) is 2. The predicted molar refractivity (Wildman–Crippen MR) is 215 cm³/mol. The number of ether oxygens (including phenoxy) is 1. The Morgan fingerprint density at radius 1 is 0.944 bits per heavy atom. The summed E-state index contributed by atoms with van der Waals surface area (Å²) in [7, 11) is 5.55. The third-order valence-corrected chi connectivity index (χ3v) is 12.0.